The van der Waals surface area contributed by atoms with Crippen molar-refractivity contribution in [2.45, 2.75) is 39.0 Å². The first-order valence-electron chi connectivity index (χ1n) is 16.1. The summed E-state index contributed by atoms with van der Waals surface area (Å²) in [7, 11) is 0. The number of amides is 4. The molecule has 3 fully saturated rings. The van der Waals surface area contributed by atoms with Crippen molar-refractivity contribution in [2.24, 2.45) is 29.1 Å². The number of carbonyl (C=O) groups excluding carboxylic acids is 4. The molecule has 0 radical (unpaired) electrons. The molecule has 0 bridgehead atoms. The Labute approximate surface area is 281 Å². The maximum Gasteiger partial charge on any atom is 0.241 e. The van der Waals surface area contributed by atoms with Crippen molar-refractivity contribution in [2.75, 3.05) is 18.1 Å². The molecule has 11 heteroatoms. The summed E-state index contributed by atoms with van der Waals surface area (Å²) >= 11 is 6.08. The first kappa shape index (κ1) is 31.9. The van der Waals surface area contributed by atoms with Gasteiger partial charge in [0.15, 0.2) is 11.5 Å². The third-order valence-electron chi connectivity index (χ3n) is 10.7. The number of anilines is 1. The monoisotopic (exact) mass is 672 g/mol. The van der Waals surface area contributed by atoms with E-state index in [0.29, 0.717) is 12.0 Å². The molecule has 7 rings (SSSR count). The molecule has 1 saturated carbocycles. The fraction of sp³-hybridized carbons (Fsp3) is 0.351. The highest BCUT2D eigenvalue weighted by Gasteiger charge is 2.68. The van der Waals surface area contributed by atoms with Crippen LogP contribution in [0.25, 0.3) is 0 Å². The first-order chi connectivity index (χ1) is 23.0. The topological polar surface area (TPSA) is 124 Å². The number of hydrogen-bond acceptors (Lipinski definition) is 7. The zero-order valence-electron chi connectivity index (χ0n) is 26.4. The number of phenolic OH excluding ortho intramolecular Hbond substituents is 2. The van der Waals surface area contributed by atoms with Gasteiger partial charge in [-0.15, -0.1) is 0 Å². The van der Waals surface area contributed by atoms with Gasteiger partial charge in [-0.1, -0.05) is 47.5 Å². The predicted molar refractivity (Wildman–Crippen MR) is 174 cm³/mol. The molecule has 2 saturated heterocycles. The summed E-state index contributed by atoms with van der Waals surface area (Å²) in [6.07, 6.45) is 2.71. The lowest BCUT2D eigenvalue weighted by Crippen LogP contribution is -2.49. The highest BCUT2D eigenvalue weighted by molar-refractivity contribution is 6.31. The van der Waals surface area contributed by atoms with E-state index in [-0.39, 0.29) is 65.8 Å². The van der Waals surface area contributed by atoms with Crippen LogP contribution in [0.5, 0.6) is 17.2 Å². The highest BCUT2D eigenvalue weighted by atomic mass is 35.5. The Bertz CT molecular complexity index is 1890. The number of fused-ring (bicyclic) bond motifs is 4. The van der Waals surface area contributed by atoms with E-state index < -0.39 is 52.6 Å². The van der Waals surface area contributed by atoms with Crippen LogP contribution in [0.3, 0.4) is 0 Å². The summed E-state index contributed by atoms with van der Waals surface area (Å²) < 4.78 is 19.8. The second-order valence-electron chi connectivity index (χ2n) is 13.1. The second kappa shape index (κ2) is 11.8. The van der Waals surface area contributed by atoms with Gasteiger partial charge in [0, 0.05) is 18.0 Å². The predicted octanol–water partition coefficient (Wildman–Crippen LogP) is 5.76. The highest BCUT2D eigenvalue weighted by Crippen LogP contribution is 2.64. The average Bonchev–Trinajstić information content (AvgIpc) is 3.42. The van der Waals surface area contributed by atoms with Crippen molar-refractivity contribution in [3.63, 3.8) is 0 Å². The third-order valence-corrected chi connectivity index (χ3v) is 11.0. The smallest absolute Gasteiger partial charge is 0.241 e. The Hall–Kier alpha value is -4.70. The first-order valence-corrected chi connectivity index (χ1v) is 16.5. The standard InChI is InChI=1S/C37H34ClFN2O7/c1-3-48-29-6-4-5-24(32(29)43)31-22-12-13-23-30(35(46)40(33(23)44)16-15-19-7-10-21(42)11-8-19)25(22)18-26-34(45)41(36(47)37(26,31)2)20-9-14-28(39)27(38)17-20/h4-12,14,17,23,25-26,30-31,42-43H,3,13,15-16,18H2,1-2H3. The van der Waals surface area contributed by atoms with Gasteiger partial charge in [-0.05, 0) is 81.0 Å². The van der Waals surface area contributed by atoms with Crippen LogP contribution in [0.1, 0.15) is 43.7 Å². The molecule has 3 aromatic carbocycles. The van der Waals surface area contributed by atoms with Crippen LogP contribution in [0.4, 0.5) is 10.1 Å². The number of ether oxygens (including phenoxy) is 1. The van der Waals surface area contributed by atoms with Gasteiger partial charge < -0.3 is 14.9 Å². The van der Waals surface area contributed by atoms with E-state index in [2.05, 4.69) is 0 Å². The Morgan fingerprint density at radius 1 is 0.979 bits per heavy atom. The fourth-order valence-electron chi connectivity index (χ4n) is 8.46. The number of benzene rings is 3. The van der Waals surface area contributed by atoms with Crippen LogP contribution >= 0.6 is 11.6 Å². The van der Waals surface area contributed by atoms with E-state index in [1.807, 2.05) is 6.08 Å². The van der Waals surface area contributed by atoms with E-state index in [1.165, 1.54) is 17.0 Å². The molecule has 6 atom stereocenters. The van der Waals surface area contributed by atoms with Crippen LogP contribution < -0.4 is 9.64 Å². The number of nitrogens with zero attached hydrogens (tertiary/aromatic N) is 2. The Balaban J connectivity index is 1.31. The maximum absolute atomic E-state index is 14.6. The number of halogens is 2. The van der Waals surface area contributed by atoms with Crippen molar-refractivity contribution in [1.29, 1.82) is 0 Å². The molecule has 0 aromatic heterocycles. The summed E-state index contributed by atoms with van der Waals surface area (Å²) in [4.78, 5) is 59.1. The molecule has 9 nitrogen and oxygen atoms in total. The minimum atomic E-state index is -1.40. The molecule has 248 valence electrons. The van der Waals surface area contributed by atoms with Gasteiger partial charge in [0.1, 0.15) is 11.6 Å². The van der Waals surface area contributed by atoms with Crippen molar-refractivity contribution in [3.8, 4) is 17.2 Å². The molecular weight excluding hydrogens is 639 g/mol. The molecule has 4 amide bonds. The number of imide groups is 2. The molecule has 2 aliphatic heterocycles. The number of para-hydroxylation sites is 1. The summed E-state index contributed by atoms with van der Waals surface area (Å²) in [5.41, 5.74) is 0.681. The molecule has 48 heavy (non-hydrogen) atoms. The molecule has 2 heterocycles. The number of likely N-dealkylation sites (tertiary alicyclic amines) is 1. The number of allylic oxidation sites excluding steroid dienone is 2. The van der Waals surface area contributed by atoms with Gasteiger partial charge in [-0.3, -0.25) is 24.1 Å². The number of rotatable bonds is 7. The van der Waals surface area contributed by atoms with Gasteiger partial charge >= 0.3 is 0 Å². The average molecular weight is 673 g/mol. The molecule has 3 aromatic rings. The fourth-order valence-corrected chi connectivity index (χ4v) is 8.64. The van der Waals surface area contributed by atoms with Gasteiger partial charge in [-0.2, -0.15) is 0 Å². The van der Waals surface area contributed by atoms with Crippen LogP contribution in [0, 0.1) is 34.9 Å². The normalized spacial score (nSPS) is 27.9. The van der Waals surface area contributed by atoms with Gasteiger partial charge in [0.25, 0.3) is 0 Å². The van der Waals surface area contributed by atoms with Crippen LogP contribution in [-0.4, -0.2) is 51.9 Å². The lowest BCUT2D eigenvalue weighted by atomic mass is 9.51. The summed E-state index contributed by atoms with van der Waals surface area (Å²) in [6, 6.07) is 15.3. The van der Waals surface area contributed by atoms with Crippen molar-refractivity contribution in [1.82, 2.24) is 4.90 Å². The second-order valence-corrected chi connectivity index (χ2v) is 13.5. The van der Waals surface area contributed by atoms with Crippen molar-refractivity contribution < 1.29 is 38.5 Å². The van der Waals surface area contributed by atoms with Crippen molar-refractivity contribution in [3.05, 3.63) is 94.3 Å². The van der Waals surface area contributed by atoms with E-state index in [0.717, 1.165) is 22.1 Å². The minimum Gasteiger partial charge on any atom is -0.508 e. The largest absolute Gasteiger partial charge is 0.508 e. The Kier molecular flexibility index (Phi) is 7.82. The van der Waals surface area contributed by atoms with Crippen LogP contribution in [0.2, 0.25) is 5.02 Å². The Morgan fingerprint density at radius 3 is 2.44 bits per heavy atom. The minimum absolute atomic E-state index is 0.120. The third kappa shape index (κ3) is 4.71. The molecule has 2 N–H and O–H groups in total. The van der Waals surface area contributed by atoms with Crippen LogP contribution in [0.15, 0.2) is 72.3 Å². The summed E-state index contributed by atoms with van der Waals surface area (Å²) in [6.45, 7) is 3.93. The lowest BCUT2D eigenvalue weighted by molar-refractivity contribution is -0.140. The van der Waals surface area contributed by atoms with Gasteiger partial charge in [0.05, 0.1) is 40.5 Å². The SMILES string of the molecule is CCOc1cccc(C2C3=CCC4C(=O)N(CCc5ccc(O)cc5)C(=O)C4C3CC3C(=O)N(c4ccc(F)c(Cl)c4)C(=O)C32C)c1O. The number of hydrogen-bond donors (Lipinski definition) is 2. The molecule has 6 unspecified atom stereocenters. The zero-order valence-corrected chi connectivity index (χ0v) is 27.1. The maximum atomic E-state index is 14.6. The van der Waals surface area contributed by atoms with E-state index in [9.17, 15) is 33.8 Å². The van der Waals surface area contributed by atoms with E-state index in [4.69, 9.17) is 16.3 Å². The molecule has 2 aliphatic carbocycles. The zero-order chi connectivity index (χ0) is 34.1. The number of phenols is 2. The molecular formula is C37H34ClFN2O7. The summed E-state index contributed by atoms with van der Waals surface area (Å²) in [5.74, 6) is -5.88. The quantitative estimate of drug-likeness (QED) is 0.242. The van der Waals surface area contributed by atoms with Gasteiger partial charge in [0.2, 0.25) is 23.6 Å². The summed E-state index contributed by atoms with van der Waals surface area (Å²) in [5, 5.41) is 20.9. The molecule has 4 aliphatic rings. The van der Waals surface area contributed by atoms with E-state index >= 15 is 0 Å². The lowest BCUT2D eigenvalue weighted by Gasteiger charge is -2.49. The van der Waals surface area contributed by atoms with Crippen LogP contribution in [-0.2, 0) is 25.6 Å². The van der Waals surface area contributed by atoms with Crippen molar-refractivity contribution >= 4 is 40.9 Å². The Morgan fingerprint density at radius 2 is 1.73 bits per heavy atom. The molecule has 0 spiro atoms. The number of aromatic hydroxyl groups is 2. The van der Waals surface area contributed by atoms with Gasteiger partial charge in [-0.25, -0.2) is 9.29 Å². The number of carbonyl (C=O) groups is 4. The van der Waals surface area contributed by atoms with E-state index in [1.54, 1.807) is 56.3 Å².